The maximum Gasteiger partial charge on any atom is 0.453 e. The molecule has 3 aromatic rings. The number of fused-ring (bicyclic) bond motifs is 1. The van der Waals surface area contributed by atoms with Crippen molar-refractivity contribution in [1.82, 2.24) is 0 Å². The molecule has 1 aliphatic heterocycles. The van der Waals surface area contributed by atoms with Gasteiger partial charge in [-0.3, -0.25) is 4.79 Å². The molecule has 0 spiro atoms. The van der Waals surface area contributed by atoms with E-state index in [0.29, 0.717) is 0 Å². The Morgan fingerprint density at radius 2 is 1.89 bits per heavy atom. The highest BCUT2D eigenvalue weighted by molar-refractivity contribution is 5.89. The van der Waals surface area contributed by atoms with Gasteiger partial charge in [-0.1, -0.05) is 0 Å². The second-order valence-corrected chi connectivity index (χ2v) is 8.86. The topological polar surface area (TPSA) is 90.4 Å². The fourth-order valence-electron chi connectivity index (χ4n) is 4.47. The molecule has 2 heterocycles. The molecule has 1 unspecified atom stereocenters. The third-order valence-electron chi connectivity index (χ3n) is 6.43. The van der Waals surface area contributed by atoms with Crippen LogP contribution in [-0.2, 0) is 17.5 Å². The number of phenolic OH excluding ortho intramolecular Hbond substituents is 1. The largest absolute Gasteiger partial charge is 0.507 e. The van der Waals surface area contributed by atoms with Crippen molar-refractivity contribution in [3.05, 3.63) is 63.5 Å². The Labute approximate surface area is 205 Å². The normalized spacial score (nSPS) is 18.2. The zero-order chi connectivity index (χ0) is 26.0. The molecular weight excluding hydrogens is 479 g/mol. The minimum Gasteiger partial charge on any atom is -0.507 e. The highest BCUT2D eigenvalue weighted by Crippen LogP contribution is 2.39. The van der Waals surface area contributed by atoms with Crippen molar-refractivity contribution in [2.24, 2.45) is 0 Å². The van der Waals surface area contributed by atoms with Crippen molar-refractivity contribution < 1.29 is 41.9 Å². The molecular formula is C26H27F3NO6+. The Kier molecular flexibility index (Phi) is 7.26. The Morgan fingerprint density at radius 1 is 1.17 bits per heavy atom. The number of alkyl halides is 3. The average molecular weight is 506 g/mol. The van der Waals surface area contributed by atoms with Crippen LogP contribution >= 0.6 is 0 Å². The van der Waals surface area contributed by atoms with E-state index < -0.39 is 29.1 Å². The molecule has 10 heteroatoms. The van der Waals surface area contributed by atoms with Gasteiger partial charge in [-0.25, -0.2) is 4.79 Å². The molecule has 2 aromatic carbocycles. The second kappa shape index (κ2) is 10.2. The number of carbonyl (C=O) groups is 1. The van der Waals surface area contributed by atoms with Crippen molar-refractivity contribution in [3.63, 3.8) is 0 Å². The summed E-state index contributed by atoms with van der Waals surface area (Å²) in [6.07, 6.45) is -2.04. The first-order valence-corrected chi connectivity index (χ1v) is 11.8. The zero-order valence-corrected chi connectivity index (χ0v) is 19.9. The fourth-order valence-corrected chi connectivity index (χ4v) is 4.47. The molecule has 2 N–H and O–H groups in total. The number of quaternary nitrogens is 1. The summed E-state index contributed by atoms with van der Waals surface area (Å²) in [6.45, 7) is 4.89. The molecule has 1 aliphatic rings. The quantitative estimate of drug-likeness (QED) is 0.481. The number of carbonyl (C=O) groups excluding carboxylic acids is 1. The number of ether oxygens (including phenoxy) is 2. The third kappa shape index (κ3) is 5.18. The summed E-state index contributed by atoms with van der Waals surface area (Å²) in [6, 6.07) is 7.94. The van der Waals surface area contributed by atoms with Crippen LogP contribution in [0.3, 0.4) is 0 Å². The van der Waals surface area contributed by atoms with E-state index in [1.807, 2.05) is 6.92 Å². The number of benzene rings is 2. The van der Waals surface area contributed by atoms with Crippen LogP contribution in [0.2, 0.25) is 0 Å². The molecule has 2 atom stereocenters. The maximum absolute atomic E-state index is 14.0. The molecule has 7 nitrogen and oxygen atoms in total. The summed E-state index contributed by atoms with van der Waals surface area (Å²) in [5.74, 6) is -3.53. The van der Waals surface area contributed by atoms with Crippen LogP contribution in [0.1, 0.15) is 54.8 Å². The number of aromatic hydroxyl groups is 1. The summed E-state index contributed by atoms with van der Waals surface area (Å²) in [5.41, 5.74) is -0.979. The van der Waals surface area contributed by atoms with E-state index in [-0.39, 0.29) is 52.8 Å². The molecule has 4 rings (SSSR count). The Balaban J connectivity index is 1.78. The van der Waals surface area contributed by atoms with Crippen LogP contribution in [0.25, 0.3) is 11.0 Å². The number of halogens is 3. The van der Waals surface area contributed by atoms with Crippen LogP contribution in [0.15, 0.2) is 45.6 Å². The van der Waals surface area contributed by atoms with Gasteiger partial charge >= 0.3 is 12.1 Å². The van der Waals surface area contributed by atoms with E-state index in [0.717, 1.165) is 30.7 Å². The number of rotatable bonds is 6. The smallest absolute Gasteiger partial charge is 0.453 e. The molecule has 1 aromatic heterocycles. The molecule has 0 amide bonds. The number of hydrogen-bond acceptors (Lipinski definition) is 6. The summed E-state index contributed by atoms with van der Waals surface area (Å²) in [4.78, 5) is 26.2. The van der Waals surface area contributed by atoms with Crippen LogP contribution in [0, 0.1) is 0 Å². The Morgan fingerprint density at radius 3 is 2.53 bits per heavy atom. The Bertz CT molecular complexity index is 1320. The maximum atomic E-state index is 14.0. The molecule has 36 heavy (non-hydrogen) atoms. The van der Waals surface area contributed by atoms with Crippen LogP contribution < -0.4 is 15.1 Å². The molecule has 0 saturated carbocycles. The van der Waals surface area contributed by atoms with Gasteiger partial charge in [0, 0.05) is 0 Å². The highest BCUT2D eigenvalue weighted by atomic mass is 19.4. The predicted octanol–water partition coefficient (Wildman–Crippen LogP) is 4.44. The van der Waals surface area contributed by atoms with E-state index in [1.54, 1.807) is 6.92 Å². The molecule has 192 valence electrons. The summed E-state index contributed by atoms with van der Waals surface area (Å²) < 4.78 is 57.6. The van der Waals surface area contributed by atoms with Gasteiger partial charge in [0.2, 0.25) is 11.2 Å². The number of esters is 1. The van der Waals surface area contributed by atoms with Gasteiger partial charge in [0.1, 0.15) is 18.0 Å². The van der Waals surface area contributed by atoms with Crippen molar-refractivity contribution in [3.8, 4) is 17.2 Å². The summed E-state index contributed by atoms with van der Waals surface area (Å²) >= 11 is 0. The van der Waals surface area contributed by atoms with Gasteiger partial charge in [-0.05, 0) is 69.5 Å². The lowest BCUT2D eigenvalue weighted by molar-refractivity contribution is -0.941. The van der Waals surface area contributed by atoms with E-state index in [9.17, 15) is 27.9 Å². The molecule has 0 aliphatic carbocycles. The number of nitrogens with one attached hydrogen (secondary N) is 1. The van der Waals surface area contributed by atoms with Crippen molar-refractivity contribution in [1.29, 1.82) is 0 Å². The lowest BCUT2D eigenvalue weighted by atomic mass is 10.0. The second-order valence-electron chi connectivity index (χ2n) is 8.86. The first kappa shape index (κ1) is 25.6. The fraction of sp³-hybridized carbons (Fsp3) is 0.385. The van der Waals surface area contributed by atoms with Gasteiger partial charge in [0.05, 0.1) is 35.7 Å². The van der Waals surface area contributed by atoms with Crippen LogP contribution in [-0.4, -0.2) is 30.3 Å². The number of hydrogen-bond donors (Lipinski definition) is 2. The predicted molar refractivity (Wildman–Crippen MR) is 124 cm³/mol. The van der Waals surface area contributed by atoms with Gasteiger partial charge in [-0.2, -0.15) is 13.2 Å². The number of phenols is 1. The molecule has 0 bridgehead atoms. The molecule has 1 fully saturated rings. The number of likely N-dealkylation sites (tertiary alicyclic amines) is 1. The molecule has 0 radical (unpaired) electrons. The summed E-state index contributed by atoms with van der Waals surface area (Å²) in [7, 11) is 0. The highest BCUT2D eigenvalue weighted by Gasteiger charge is 2.41. The zero-order valence-electron chi connectivity index (χ0n) is 19.9. The van der Waals surface area contributed by atoms with Crippen molar-refractivity contribution in [2.75, 3.05) is 13.2 Å². The van der Waals surface area contributed by atoms with E-state index in [1.165, 1.54) is 36.4 Å². The lowest BCUT2D eigenvalue weighted by Crippen LogP contribution is -3.14. The lowest BCUT2D eigenvalue weighted by Gasteiger charge is -2.30. The van der Waals surface area contributed by atoms with Gasteiger partial charge in [-0.15, -0.1) is 0 Å². The molecule has 1 saturated heterocycles. The minimum atomic E-state index is -5.04. The van der Waals surface area contributed by atoms with E-state index in [2.05, 4.69) is 0 Å². The van der Waals surface area contributed by atoms with Crippen molar-refractivity contribution >= 4 is 16.9 Å². The van der Waals surface area contributed by atoms with E-state index in [4.69, 9.17) is 13.9 Å². The minimum absolute atomic E-state index is 0.0919. The van der Waals surface area contributed by atoms with E-state index >= 15 is 0 Å². The first-order valence-electron chi connectivity index (χ1n) is 11.8. The Hall–Kier alpha value is -3.53. The monoisotopic (exact) mass is 506 g/mol. The van der Waals surface area contributed by atoms with Gasteiger partial charge < -0.3 is 23.9 Å². The van der Waals surface area contributed by atoms with Gasteiger partial charge in [0.25, 0.3) is 5.76 Å². The van der Waals surface area contributed by atoms with Crippen LogP contribution in [0.4, 0.5) is 13.2 Å². The van der Waals surface area contributed by atoms with Crippen LogP contribution in [0.5, 0.6) is 17.2 Å². The average Bonchev–Trinajstić information content (AvgIpc) is 2.83. The third-order valence-corrected chi connectivity index (χ3v) is 6.43. The number of piperidine rings is 1. The summed E-state index contributed by atoms with van der Waals surface area (Å²) in [5, 5.41) is 10.4. The van der Waals surface area contributed by atoms with Crippen molar-refractivity contribution in [2.45, 2.75) is 51.9 Å². The van der Waals surface area contributed by atoms with Gasteiger partial charge in [0.15, 0.2) is 5.58 Å². The SMILES string of the molecule is CCOC(=O)c1ccc(Oc2c(C(F)(F)F)oc3c(C[NH+]4CCCC[C@@H]4C)c(O)ccc3c2=O)cc1. The standard InChI is InChI=1S/C26H26F3NO6/c1-3-34-25(33)16-7-9-17(10-8-16)35-23-21(32)18-11-12-20(31)19(14-30-13-5-4-6-15(30)2)22(18)36-24(23)26(27,28)29/h7-12,15,31H,3-6,13-14H2,1-2H3/p+1/t15-/m0/s1. The first-order chi connectivity index (χ1) is 17.1.